The minimum absolute atomic E-state index is 0.0855. The lowest BCUT2D eigenvalue weighted by Gasteiger charge is -2.30. The Morgan fingerprint density at radius 3 is 2.71 bits per heavy atom. The Labute approximate surface area is 164 Å². The number of aryl methyl sites for hydroxylation is 1. The highest BCUT2D eigenvalue weighted by Crippen LogP contribution is 2.36. The zero-order valence-corrected chi connectivity index (χ0v) is 15.8. The van der Waals surface area contributed by atoms with E-state index < -0.39 is 22.7 Å². The predicted molar refractivity (Wildman–Crippen MR) is 99.7 cm³/mol. The summed E-state index contributed by atoms with van der Waals surface area (Å²) >= 11 is 5.86. The number of nitrogens with two attached hydrogens (primary N) is 1. The van der Waals surface area contributed by atoms with Crippen LogP contribution in [0.2, 0.25) is 5.02 Å². The smallest absolute Gasteiger partial charge is 0.399 e. The molecule has 0 aliphatic carbocycles. The topological polar surface area (TPSA) is 76.2 Å². The molecule has 0 radical (unpaired) electrons. The standard InChI is InChI=1S/C18H19ClF3N5O/c1-2-27-9-7-15(25-27)24-14-6-8-26(10-13(14)23)17(28)11-4-3-5-12(16(11)19)18(20,21)22/h3-5,7,9H,2,6,8,10,23H2,1H3,(H,24,25). The number of carbonyl (C=O) groups excluding carboxylic acids is 1. The zero-order valence-electron chi connectivity index (χ0n) is 15.1. The van der Waals surface area contributed by atoms with Crippen LogP contribution in [0.5, 0.6) is 0 Å². The molecule has 0 fully saturated rings. The molecule has 2 aromatic rings. The summed E-state index contributed by atoms with van der Waals surface area (Å²) in [5, 5.41) is 6.85. The van der Waals surface area contributed by atoms with Crippen LogP contribution >= 0.6 is 11.6 Å². The third kappa shape index (κ3) is 4.09. The van der Waals surface area contributed by atoms with Crippen LogP contribution in [0.1, 0.15) is 29.3 Å². The van der Waals surface area contributed by atoms with Gasteiger partial charge in [-0.3, -0.25) is 9.48 Å². The van der Waals surface area contributed by atoms with Crippen molar-refractivity contribution in [2.24, 2.45) is 5.73 Å². The summed E-state index contributed by atoms with van der Waals surface area (Å²) in [6.07, 6.45) is -2.38. The molecule has 0 saturated carbocycles. The fraction of sp³-hybridized carbons (Fsp3) is 0.333. The van der Waals surface area contributed by atoms with Crippen LogP contribution in [0.15, 0.2) is 41.9 Å². The van der Waals surface area contributed by atoms with E-state index in [-0.39, 0.29) is 12.1 Å². The summed E-state index contributed by atoms with van der Waals surface area (Å²) < 4.78 is 40.8. The van der Waals surface area contributed by atoms with E-state index >= 15 is 0 Å². The van der Waals surface area contributed by atoms with Crippen molar-refractivity contribution >= 4 is 23.3 Å². The second kappa shape index (κ2) is 7.75. The Hall–Kier alpha value is -2.68. The van der Waals surface area contributed by atoms with Crippen molar-refractivity contribution < 1.29 is 18.0 Å². The fourth-order valence-corrected chi connectivity index (χ4v) is 3.26. The second-order valence-electron chi connectivity index (χ2n) is 6.33. The molecular weight excluding hydrogens is 395 g/mol. The summed E-state index contributed by atoms with van der Waals surface area (Å²) in [6, 6.07) is 5.11. The van der Waals surface area contributed by atoms with Crippen molar-refractivity contribution in [3.05, 3.63) is 58.0 Å². The molecule has 3 N–H and O–H groups in total. The number of alkyl halides is 3. The van der Waals surface area contributed by atoms with Gasteiger partial charge in [0.25, 0.3) is 5.91 Å². The quantitative estimate of drug-likeness (QED) is 0.801. The SMILES string of the molecule is CCn1ccc(NC2=C(N)CN(C(=O)c3cccc(C(F)(F)F)c3Cl)CC2)n1. The van der Waals surface area contributed by atoms with Crippen LogP contribution in [0.3, 0.4) is 0 Å². The number of halogens is 4. The van der Waals surface area contributed by atoms with E-state index in [1.807, 2.05) is 19.2 Å². The number of anilines is 1. The summed E-state index contributed by atoms with van der Waals surface area (Å²) in [6.45, 7) is 3.08. The molecule has 0 atom stereocenters. The largest absolute Gasteiger partial charge is 0.417 e. The number of benzene rings is 1. The number of hydrogen-bond donors (Lipinski definition) is 2. The fourth-order valence-electron chi connectivity index (χ4n) is 2.95. The molecular formula is C18H19ClF3N5O. The van der Waals surface area contributed by atoms with Gasteiger partial charge in [0.15, 0.2) is 5.82 Å². The molecule has 6 nitrogen and oxygen atoms in total. The molecule has 1 aromatic carbocycles. The molecule has 1 amide bonds. The molecule has 1 aliphatic rings. The van der Waals surface area contributed by atoms with E-state index in [2.05, 4.69) is 10.4 Å². The van der Waals surface area contributed by atoms with Crippen LogP contribution in [0, 0.1) is 0 Å². The van der Waals surface area contributed by atoms with E-state index in [0.29, 0.717) is 24.5 Å². The van der Waals surface area contributed by atoms with Gasteiger partial charge < -0.3 is 16.0 Å². The Kier molecular flexibility index (Phi) is 5.55. The van der Waals surface area contributed by atoms with Gasteiger partial charge in [0.2, 0.25) is 0 Å². The van der Waals surface area contributed by atoms with Crippen molar-refractivity contribution in [1.29, 1.82) is 0 Å². The monoisotopic (exact) mass is 413 g/mol. The molecule has 0 bridgehead atoms. The van der Waals surface area contributed by atoms with E-state index in [4.69, 9.17) is 17.3 Å². The Morgan fingerprint density at radius 1 is 1.36 bits per heavy atom. The lowest BCUT2D eigenvalue weighted by molar-refractivity contribution is -0.137. The maximum atomic E-state index is 13.0. The van der Waals surface area contributed by atoms with Crippen molar-refractivity contribution in [2.75, 3.05) is 18.4 Å². The summed E-state index contributed by atoms with van der Waals surface area (Å²) in [7, 11) is 0. The summed E-state index contributed by atoms with van der Waals surface area (Å²) in [5.41, 5.74) is 6.02. The first-order valence-corrected chi connectivity index (χ1v) is 9.01. The Balaban J connectivity index is 1.76. The number of amides is 1. The molecule has 1 aliphatic heterocycles. The average molecular weight is 414 g/mol. The second-order valence-corrected chi connectivity index (χ2v) is 6.71. The minimum atomic E-state index is -4.63. The van der Waals surface area contributed by atoms with Crippen LogP contribution < -0.4 is 11.1 Å². The van der Waals surface area contributed by atoms with Gasteiger partial charge >= 0.3 is 6.18 Å². The number of nitrogens with one attached hydrogen (secondary N) is 1. The van der Waals surface area contributed by atoms with Crippen LogP contribution in [-0.2, 0) is 12.7 Å². The summed E-state index contributed by atoms with van der Waals surface area (Å²) in [5.74, 6) is 0.0499. The van der Waals surface area contributed by atoms with Gasteiger partial charge in [-0.25, -0.2) is 0 Å². The third-order valence-corrected chi connectivity index (χ3v) is 4.85. The molecule has 10 heteroatoms. The highest BCUT2D eigenvalue weighted by molar-refractivity contribution is 6.34. The van der Waals surface area contributed by atoms with Crippen molar-refractivity contribution in [2.45, 2.75) is 26.1 Å². The molecule has 0 unspecified atom stereocenters. The third-order valence-electron chi connectivity index (χ3n) is 4.45. The molecule has 1 aromatic heterocycles. The van der Waals surface area contributed by atoms with Gasteiger partial charge in [-0.15, -0.1) is 0 Å². The van der Waals surface area contributed by atoms with Gasteiger partial charge in [0.05, 0.1) is 22.7 Å². The molecule has 0 saturated heterocycles. The highest BCUT2D eigenvalue weighted by atomic mass is 35.5. The van der Waals surface area contributed by atoms with E-state index in [1.165, 1.54) is 17.0 Å². The Morgan fingerprint density at radius 2 is 2.11 bits per heavy atom. The van der Waals surface area contributed by atoms with Gasteiger partial charge in [-0.2, -0.15) is 18.3 Å². The number of rotatable bonds is 4. The summed E-state index contributed by atoms with van der Waals surface area (Å²) in [4.78, 5) is 14.1. The maximum absolute atomic E-state index is 13.0. The first kappa shape index (κ1) is 20.1. The van der Waals surface area contributed by atoms with Gasteiger partial charge in [0, 0.05) is 43.2 Å². The zero-order chi connectivity index (χ0) is 20.5. The van der Waals surface area contributed by atoms with Gasteiger partial charge in [-0.1, -0.05) is 17.7 Å². The lowest BCUT2D eigenvalue weighted by atomic mass is 10.1. The first-order valence-electron chi connectivity index (χ1n) is 8.63. The first-order chi connectivity index (χ1) is 13.2. The molecule has 150 valence electrons. The number of carbonyl (C=O) groups is 1. The van der Waals surface area contributed by atoms with Gasteiger partial charge in [-0.05, 0) is 19.1 Å². The molecule has 28 heavy (non-hydrogen) atoms. The lowest BCUT2D eigenvalue weighted by Crippen LogP contribution is -2.40. The average Bonchev–Trinajstić information content (AvgIpc) is 3.10. The van der Waals surface area contributed by atoms with Crippen LogP contribution in [0.25, 0.3) is 0 Å². The van der Waals surface area contributed by atoms with E-state index in [0.717, 1.165) is 18.3 Å². The Bertz CT molecular complexity index is 922. The predicted octanol–water partition coefficient (Wildman–Crippen LogP) is 3.70. The van der Waals surface area contributed by atoms with Crippen LogP contribution in [-0.4, -0.2) is 33.7 Å². The number of nitrogens with zero attached hydrogens (tertiary/aromatic N) is 3. The minimum Gasteiger partial charge on any atom is -0.399 e. The molecule has 3 rings (SSSR count). The van der Waals surface area contributed by atoms with Crippen molar-refractivity contribution in [3.63, 3.8) is 0 Å². The number of aromatic nitrogens is 2. The van der Waals surface area contributed by atoms with Gasteiger partial charge in [0.1, 0.15) is 0 Å². The van der Waals surface area contributed by atoms with Crippen LogP contribution in [0.4, 0.5) is 19.0 Å². The number of hydrogen-bond acceptors (Lipinski definition) is 4. The normalized spacial score (nSPS) is 15.1. The molecule has 2 heterocycles. The maximum Gasteiger partial charge on any atom is 0.417 e. The van der Waals surface area contributed by atoms with Crippen molar-refractivity contribution in [3.8, 4) is 0 Å². The highest BCUT2D eigenvalue weighted by Gasteiger charge is 2.35. The molecule has 0 spiro atoms. The van der Waals surface area contributed by atoms with Crippen molar-refractivity contribution in [1.82, 2.24) is 14.7 Å². The van der Waals surface area contributed by atoms with E-state index in [9.17, 15) is 18.0 Å². The van der Waals surface area contributed by atoms with E-state index in [1.54, 1.807) is 4.68 Å².